The number of piperazine rings is 1. The first-order chi connectivity index (χ1) is 14.7. The van der Waals surface area contributed by atoms with Gasteiger partial charge >= 0.3 is 0 Å². The monoisotopic (exact) mass is 395 g/mol. The molecule has 0 saturated carbocycles. The Bertz CT molecular complexity index is 1170. The van der Waals surface area contributed by atoms with Gasteiger partial charge in [0.25, 0.3) is 5.91 Å². The number of nitrogens with zero attached hydrogens (tertiary/aromatic N) is 5. The maximum Gasteiger partial charge on any atom is 0.264 e. The fraction of sp³-hybridized carbons (Fsp3) is 0.208. The molecule has 6 heteroatoms. The van der Waals surface area contributed by atoms with Gasteiger partial charge in [-0.1, -0.05) is 36.4 Å². The highest BCUT2D eigenvalue weighted by Gasteiger charge is 2.24. The van der Waals surface area contributed by atoms with Gasteiger partial charge in [-0.25, -0.2) is 0 Å². The number of carbonyl (C=O) groups is 1. The first-order valence-electron chi connectivity index (χ1n) is 9.87. The number of hydrogen-bond donors (Lipinski definition) is 0. The second-order valence-corrected chi connectivity index (χ2v) is 7.17. The molecule has 6 nitrogen and oxygen atoms in total. The SMILES string of the molecule is N#CCn1cc(/C=C(/C#N)C(=O)N2CCN(c3ccccc3)CC2)c2ccccc21. The minimum atomic E-state index is -0.248. The Hall–Kier alpha value is -4.03. The van der Waals surface area contributed by atoms with Gasteiger partial charge in [-0.05, 0) is 24.3 Å². The van der Waals surface area contributed by atoms with Crippen molar-refractivity contribution >= 4 is 28.6 Å². The average molecular weight is 395 g/mol. The first-order valence-corrected chi connectivity index (χ1v) is 9.87. The molecule has 1 amide bonds. The van der Waals surface area contributed by atoms with Crippen molar-refractivity contribution in [3.8, 4) is 12.1 Å². The second-order valence-electron chi connectivity index (χ2n) is 7.17. The van der Waals surface area contributed by atoms with E-state index in [-0.39, 0.29) is 18.0 Å². The summed E-state index contributed by atoms with van der Waals surface area (Å²) < 4.78 is 1.83. The number of aromatic nitrogens is 1. The fourth-order valence-electron chi connectivity index (χ4n) is 3.87. The molecule has 2 heterocycles. The van der Waals surface area contributed by atoms with E-state index in [1.165, 1.54) is 0 Å². The summed E-state index contributed by atoms with van der Waals surface area (Å²) in [4.78, 5) is 17.0. The summed E-state index contributed by atoms with van der Waals surface area (Å²) in [7, 11) is 0. The quantitative estimate of drug-likeness (QED) is 0.501. The van der Waals surface area contributed by atoms with Crippen molar-refractivity contribution in [3.63, 3.8) is 0 Å². The Labute approximate surface area is 175 Å². The van der Waals surface area contributed by atoms with Crippen LogP contribution in [0.15, 0.2) is 66.4 Å². The Morgan fingerprint density at radius 2 is 1.67 bits per heavy atom. The van der Waals surface area contributed by atoms with Crippen LogP contribution >= 0.6 is 0 Å². The number of fused-ring (bicyclic) bond motifs is 1. The maximum absolute atomic E-state index is 13.0. The van der Waals surface area contributed by atoms with Gasteiger partial charge in [-0.3, -0.25) is 4.79 Å². The number of rotatable bonds is 4. The molecule has 4 rings (SSSR count). The van der Waals surface area contributed by atoms with Crippen molar-refractivity contribution in [2.24, 2.45) is 0 Å². The van der Waals surface area contributed by atoms with Gasteiger partial charge in [0, 0.05) is 54.5 Å². The highest BCUT2D eigenvalue weighted by Crippen LogP contribution is 2.24. The van der Waals surface area contributed by atoms with E-state index in [0.29, 0.717) is 13.1 Å². The van der Waals surface area contributed by atoms with Crippen LogP contribution in [0.2, 0.25) is 0 Å². The molecule has 0 aliphatic carbocycles. The minimum Gasteiger partial charge on any atom is -0.368 e. The van der Waals surface area contributed by atoms with Crippen LogP contribution in [-0.4, -0.2) is 41.6 Å². The standard InChI is InChI=1S/C24H21N5O/c25-10-11-29-18-20(22-8-4-5-9-23(22)29)16-19(17-26)24(30)28-14-12-27(13-15-28)21-6-2-1-3-7-21/h1-9,16,18H,11-15H2/b19-16-. The predicted octanol–water partition coefficient (Wildman–Crippen LogP) is 3.42. The molecule has 0 bridgehead atoms. The van der Waals surface area contributed by atoms with E-state index in [4.69, 9.17) is 5.26 Å². The maximum atomic E-state index is 13.0. The Morgan fingerprint density at radius 1 is 0.967 bits per heavy atom. The van der Waals surface area contributed by atoms with Crippen molar-refractivity contribution in [3.05, 3.63) is 71.9 Å². The molecular formula is C24H21N5O. The van der Waals surface area contributed by atoms with Crippen LogP contribution in [-0.2, 0) is 11.3 Å². The number of benzene rings is 2. The summed E-state index contributed by atoms with van der Waals surface area (Å²) in [6.07, 6.45) is 3.47. The highest BCUT2D eigenvalue weighted by atomic mass is 16.2. The molecule has 148 valence electrons. The van der Waals surface area contributed by atoms with Crippen LogP contribution in [0.3, 0.4) is 0 Å². The number of amides is 1. The normalized spacial score (nSPS) is 14.4. The molecule has 1 aliphatic heterocycles. The van der Waals surface area contributed by atoms with Gasteiger partial charge in [-0.2, -0.15) is 10.5 Å². The first kappa shape index (κ1) is 19.3. The van der Waals surface area contributed by atoms with Crippen LogP contribution < -0.4 is 4.90 Å². The lowest BCUT2D eigenvalue weighted by Crippen LogP contribution is -2.49. The van der Waals surface area contributed by atoms with E-state index < -0.39 is 0 Å². The number of carbonyl (C=O) groups excluding carboxylic acids is 1. The Balaban J connectivity index is 1.54. The lowest BCUT2D eigenvalue weighted by atomic mass is 10.1. The minimum absolute atomic E-state index is 0.114. The van der Waals surface area contributed by atoms with Gasteiger partial charge in [0.1, 0.15) is 18.2 Å². The molecule has 1 aromatic heterocycles. The summed E-state index contributed by atoms with van der Waals surface area (Å²) in [5, 5.41) is 19.7. The van der Waals surface area contributed by atoms with Crippen molar-refractivity contribution in [2.75, 3.05) is 31.1 Å². The van der Waals surface area contributed by atoms with Gasteiger partial charge in [0.15, 0.2) is 0 Å². The summed E-state index contributed by atoms with van der Waals surface area (Å²) in [5.74, 6) is -0.248. The fourth-order valence-corrected chi connectivity index (χ4v) is 3.87. The number of para-hydroxylation sites is 2. The third-order valence-electron chi connectivity index (χ3n) is 5.40. The van der Waals surface area contributed by atoms with E-state index in [1.54, 1.807) is 11.0 Å². The van der Waals surface area contributed by atoms with E-state index >= 15 is 0 Å². The van der Waals surface area contributed by atoms with Gasteiger partial charge in [0.2, 0.25) is 0 Å². The molecule has 0 spiro atoms. The second kappa shape index (κ2) is 8.55. The molecule has 0 atom stereocenters. The van der Waals surface area contributed by atoms with Crippen LogP contribution in [0.4, 0.5) is 5.69 Å². The van der Waals surface area contributed by atoms with E-state index in [9.17, 15) is 10.1 Å². The molecule has 1 fully saturated rings. The zero-order valence-corrected chi connectivity index (χ0v) is 16.5. The van der Waals surface area contributed by atoms with E-state index in [0.717, 1.165) is 35.2 Å². The lowest BCUT2D eigenvalue weighted by Gasteiger charge is -2.36. The van der Waals surface area contributed by atoms with Crippen LogP contribution in [0.25, 0.3) is 17.0 Å². The number of hydrogen-bond acceptors (Lipinski definition) is 4. The van der Waals surface area contributed by atoms with Crippen LogP contribution in [0, 0.1) is 22.7 Å². The molecule has 1 saturated heterocycles. The van der Waals surface area contributed by atoms with Gasteiger partial charge in [0.05, 0.1) is 6.07 Å². The molecule has 2 aromatic carbocycles. The average Bonchev–Trinajstić information content (AvgIpc) is 3.15. The zero-order valence-electron chi connectivity index (χ0n) is 16.5. The van der Waals surface area contributed by atoms with Crippen molar-refractivity contribution in [1.82, 2.24) is 9.47 Å². The van der Waals surface area contributed by atoms with E-state index in [2.05, 4.69) is 29.2 Å². The molecular weight excluding hydrogens is 374 g/mol. The van der Waals surface area contributed by atoms with Crippen molar-refractivity contribution < 1.29 is 4.79 Å². The topological polar surface area (TPSA) is 76.1 Å². The van der Waals surface area contributed by atoms with Crippen LogP contribution in [0.1, 0.15) is 5.56 Å². The molecule has 30 heavy (non-hydrogen) atoms. The van der Waals surface area contributed by atoms with Gasteiger partial charge < -0.3 is 14.4 Å². The smallest absolute Gasteiger partial charge is 0.264 e. The largest absolute Gasteiger partial charge is 0.368 e. The number of anilines is 1. The van der Waals surface area contributed by atoms with Gasteiger partial charge in [-0.15, -0.1) is 0 Å². The van der Waals surface area contributed by atoms with Crippen molar-refractivity contribution in [1.29, 1.82) is 10.5 Å². The third-order valence-corrected chi connectivity index (χ3v) is 5.40. The van der Waals surface area contributed by atoms with Crippen LogP contribution in [0.5, 0.6) is 0 Å². The van der Waals surface area contributed by atoms with E-state index in [1.807, 2.05) is 53.2 Å². The summed E-state index contributed by atoms with van der Waals surface area (Å²) in [6.45, 7) is 2.82. The molecule has 0 radical (unpaired) electrons. The Morgan fingerprint density at radius 3 is 2.37 bits per heavy atom. The summed E-state index contributed by atoms with van der Waals surface area (Å²) in [6, 6.07) is 22.0. The molecule has 3 aromatic rings. The molecule has 0 unspecified atom stereocenters. The summed E-state index contributed by atoms with van der Waals surface area (Å²) >= 11 is 0. The lowest BCUT2D eigenvalue weighted by molar-refractivity contribution is -0.126. The Kier molecular flexibility index (Phi) is 5.50. The third kappa shape index (κ3) is 3.76. The zero-order chi connectivity index (χ0) is 20.9. The number of nitriles is 2. The molecule has 1 aliphatic rings. The van der Waals surface area contributed by atoms with Crippen molar-refractivity contribution in [2.45, 2.75) is 6.54 Å². The summed E-state index contributed by atoms with van der Waals surface area (Å²) in [5.41, 5.74) is 2.94. The molecule has 0 N–H and O–H groups in total. The predicted molar refractivity (Wildman–Crippen MR) is 116 cm³/mol. The highest BCUT2D eigenvalue weighted by molar-refractivity contribution is 6.04.